The number of hydrogen-bond donors (Lipinski definition) is 1. The Bertz CT molecular complexity index is 420. The van der Waals surface area contributed by atoms with E-state index in [1.54, 1.807) is 18.6 Å². The molecule has 1 aromatic rings. The van der Waals surface area contributed by atoms with Gasteiger partial charge in [0.15, 0.2) is 0 Å². The summed E-state index contributed by atoms with van der Waals surface area (Å²) in [6.07, 6.45) is 5.48. The van der Waals surface area contributed by atoms with Crippen LogP contribution < -0.4 is 10.6 Å². The minimum Gasteiger partial charge on any atom is -0.352 e. The molecule has 1 aromatic heterocycles. The predicted octanol–water partition coefficient (Wildman–Crippen LogP) is 0.253. The molecule has 0 atom stereocenters. The van der Waals surface area contributed by atoms with Crippen LogP contribution in [0.1, 0.15) is 20.3 Å². The first kappa shape index (κ1) is 13.7. The fraction of sp³-hybridized carbons (Fsp3) is 0.615. The maximum Gasteiger partial charge on any atom is 0.224 e. The predicted molar refractivity (Wildman–Crippen MR) is 73.7 cm³/mol. The van der Waals surface area contributed by atoms with E-state index in [0.717, 1.165) is 18.9 Å². The van der Waals surface area contributed by atoms with Gasteiger partial charge in [-0.2, -0.15) is 0 Å². The van der Waals surface area contributed by atoms with Crippen molar-refractivity contribution in [2.45, 2.75) is 25.8 Å². The number of piperazine rings is 1. The van der Waals surface area contributed by atoms with Crippen molar-refractivity contribution in [3.8, 4) is 0 Å². The van der Waals surface area contributed by atoms with Gasteiger partial charge in [-0.3, -0.25) is 9.78 Å². The zero-order valence-electron chi connectivity index (χ0n) is 11.5. The number of nitrogens with zero attached hydrogens (tertiary/aromatic N) is 4. The molecule has 19 heavy (non-hydrogen) atoms. The van der Waals surface area contributed by atoms with Gasteiger partial charge in [-0.1, -0.05) is 0 Å². The van der Waals surface area contributed by atoms with Crippen molar-refractivity contribution in [1.29, 1.82) is 0 Å². The first-order chi connectivity index (χ1) is 8.96. The first-order valence-electron chi connectivity index (χ1n) is 6.53. The quantitative estimate of drug-likeness (QED) is 0.846. The molecule has 1 amide bonds. The molecule has 0 spiro atoms. The number of nitrogens with two attached hydrogens (primary N) is 1. The minimum absolute atomic E-state index is 0.131. The zero-order valence-corrected chi connectivity index (χ0v) is 11.5. The monoisotopic (exact) mass is 263 g/mol. The summed E-state index contributed by atoms with van der Waals surface area (Å²) in [5.41, 5.74) is 5.44. The number of hydrogen-bond acceptors (Lipinski definition) is 5. The number of amides is 1. The molecular weight excluding hydrogens is 242 g/mol. The highest BCUT2D eigenvalue weighted by Gasteiger charge is 2.25. The van der Waals surface area contributed by atoms with Crippen molar-refractivity contribution in [2.24, 2.45) is 5.73 Å². The van der Waals surface area contributed by atoms with Gasteiger partial charge in [-0.15, -0.1) is 0 Å². The Morgan fingerprint density at radius 1 is 1.32 bits per heavy atom. The van der Waals surface area contributed by atoms with Gasteiger partial charge in [0, 0.05) is 50.5 Å². The second-order valence-electron chi connectivity index (χ2n) is 5.60. The van der Waals surface area contributed by atoms with Crippen molar-refractivity contribution < 1.29 is 4.79 Å². The summed E-state index contributed by atoms with van der Waals surface area (Å²) >= 11 is 0. The largest absolute Gasteiger partial charge is 0.352 e. The van der Waals surface area contributed by atoms with Gasteiger partial charge < -0.3 is 15.5 Å². The number of aromatic nitrogens is 2. The van der Waals surface area contributed by atoms with Gasteiger partial charge in [-0.25, -0.2) is 4.98 Å². The van der Waals surface area contributed by atoms with Gasteiger partial charge in [-0.05, 0) is 13.8 Å². The summed E-state index contributed by atoms with van der Waals surface area (Å²) in [5.74, 6) is 1.00. The topological polar surface area (TPSA) is 75.4 Å². The second kappa shape index (κ2) is 5.52. The molecule has 1 aliphatic heterocycles. The van der Waals surface area contributed by atoms with Crippen LogP contribution in [0.3, 0.4) is 0 Å². The number of rotatable bonds is 3. The Hall–Kier alpha value is -1.69. The standard InChI is InChI=1S/C13H21N5O/c1-13(2,14)9-12(19)18-7-5-17(6-8-18)11-10-15-3-4-16-11/h3-4,10H,5-9,14H2,1-2H3. The molecular formula is C13H21N5O. The van der Waals surface area contributed by atoms with Crippen LogP contribution in [0.2, 0.25) is 0 Å². The lowest BCUT2D eigenvalue weighted by atomic mass is 10.0. The van der Waals surface area contributed by atoms with Crippen molar-refractivity contribution in [2.75, 3.05) is 31.1 Å². The lowest BCUT2D eigenvalue weighted by molar-refractivity contribution is -0.132. The van der Waals surface area contributed by atoms with Crippen LogP contribution in [0, 0.1) is 0 Å². The van der Waals surface area contributed by atoms with Gasteiger partial charge in [0.1, 0.15) is 5.82 Å². The summed E-state index contributed by atoms with van der Waals surface area (Å²) in [6.45, 7) is 6.75. The van der Waals surface area contributed by atoms with E-state index < -0.39 is 5.54 Å². The molecule has 1 fully saturated rings. The Balaban J connectivity index is 1.88. The molecule has 2 rings (SSSR count). The lowest BCUT2D eigenvalue weighted by Gasteiger charge is -2.36. The van der Waals surface area contributed by atoms with Crippen LogP contribution >= 0.6 is 0 Å². The van der Waals surface area contributed by atoms with Crippen LogP contribution in [0.25, 0.3) is 0 Å². The summed E-state index contributed by atoms with van der Waals surface area (Å²) in [6, 6.07) is 0. The van der Waals surface area contributed by atoms with E-state index in [4.69, 9.17) is 5.73 Å². The Kier molecular flexibility index (Phi) is 3.99. The summed E-state index contributed by atoms with van der Waals surface area (Å²) in [5, 5.41) is 0. The second-order valence-corrected chi connectivity index (χ2v) is 5.60. The SMILES string of the molecule is CC(C)(N)CC(=O)N1CCN(c2cnccn2)CC1. The highest BCUT2D eigenvalue weighted by molar-refractivity contribution is 5.77. The smallest absolute Gasteiger partial charge is 0.224 e. The van der Waals surface area contributed by atoms with Crippen molar-refractivity contribution in [3.63, 3.8) is 0 Å². The molecule has 6 heteroatoms. The van der Waals surface area contributed by atoms with Gasteiger partial charge in [0.05, 0.1) is 6.20 Å². The molecule has 1 saturated heterocycles. The molecule has 104 valence electrons. The van der Waals surface area contributed by atoms with Crippen LogP contribution in [-0.4, -0.2) is 52.5 Å². The summed E-state index contributed by atoms with van der Waals surface area (Å²) < 4.78 is 0. The van der Waals surface area contributed by atoms with E-state index in [1.807, 2.05) is 18.7 Å². The van der Waals surface area contributed by atoms with E-state index >= 15 is 0 Å². The lowest BCUT2D eigenvalue weighted by Crippen LogP contribution is -2.51. The molecule has 0 saturated carbocycles. The van der Waals surface area contributed by atoms with E-state index in [2.05, 4.69) is 14.9 Å². The molecule has 0 bridgehead atoms. The average Bonchev–Trinajstić information content (AvgIpc) is 2.38. The fourth-order valence-electron chi connectivity index (χ4n) is 2.14. The molecule has 2 N–H and O–H groups in total. The van der Waals surface area contributed by atoms with Crippen LogP contribution in [0.5, 0.6) is 0 Å². The average molecular weight is 263 g/mol. The highest BCUT2D eigenvalue weighted by Crippen LogP contribution is 2.13. The van der Waals surface area contributed by atoms with Crippen LogP contribution in [0.15, 0.2) is 18.6 Å². The molecule has 0 unspecified atom stereocenters. The van der Waals surface area contributed by atoms with Crippen molar-refractivity contribution in [3.05, 3.63) is 18.6 Å². The van der Waals surface area contributed by atoms with Crippen LogP contribution in [0.4, 0.5) is 5.82 Å². The minimum atomic E-state index is -0.445. The van der Waals surface area contributed by atoms with E-state index in [0.29, 0.717) is 19.5 Å². The van der Waals surface area contributed by atoms with Gasteiger partial charge >= 0.3 is 0 Å². The zero-order chi connectivity index (χ0) is 13.9. The molecule has 2 heterocycles. The van der Waals surface area contributed by atoms with Gasteiger partial charge in [0.2, 0.25) is 5.91 Å². The van der Waals surface area contributed by atoms with E-state index in [9.17, 15) is 4.79 Å². The van der Waals surface area contributed by atoms with Crippen LogP contribution in [-0.2, 0) is 4.79 Å². The van der Waals surface area contributed by atoms with E-state index in [1.165, 1.54) is 0 Å². The normalized spacial score (nSPS) is 16.6. The molecule has 0 radical (unpaired) electrons. The molecule has 1 aliphatic rings. The van der Waals surface area contributed by atoms with E-state index in [-0.39, 0.29) is 5.91 Å². The number of carbonyl (C=O) groups is 1. The fourth-order valence-corrected chi connectivity index (χ4v) is 2.14. The molecule has 0 aromatic carbocycles. The Labute approximate surface area is 113 Å². The summed E-state index contributed by atoms with van der Waals surface area (Å²) in [7, 11) is 0. The molecule has 0 aliphatic carbocycles. The highest BCUT2D eigenvalue weighted by atomic mass is 16.2. The van der Waals surface area contributed by atoms with Crippen molar-refractivity contribution in [1.82, 2.24) is 14.9 Å². The first-order valence-corrected chi connectivity index (χ1v) is 6.53. The number of carbonyl (C=O) groups excluding carboxylic acids is 1. The third kappa shape index (κ3) is 3.89. The third-order valence-corrected chi connectivity index (χ3v) is 3.11. The maximum atomic E-state index is 12.1. The Morgan fingerprint density at radius 3 is 2.53 bits per heavy atom. The summed E-state index contributed by atoms with van der Waals surface area (Å²) in [4.78, 5) is 24.4. The Morgan fingerprint density at radius 2 is 2.00 bits per heavy atom. The van der Waals surface area contributed by atoms with Gasteiger partial charge in [0.25, 0.3) is 0 Å². The number of anilines is 1. The maximum absolute atomic E-state index is 12.1. The molecule has 6 nitrogen and oxygen atoms in total. The third-order valence-electron chi connectivity index (χ3n) is 3.11. The van der Waals surface area contributed by atoms with Crippen molar-refractivity contribution >= 4 is 11.7 Å².